The second-order valence-electron chi connectivity index (χ2n) is 3.58. The van der Waals surface area contributed by atoms with Crippen molar-refractivity contribution in [1.29, 1.82) is 0 Å². The third-order valence-corrected chi connectivity index (χ3v) is 1.91. The molecule has 0 fully saturated rings. The molecule has 0 saturated heterocycles. The van der Waals surface area contributed by atoms with Gasteiger partial charge in [-0.25, -0.2) is 0 Å². The van der Waals surface area contributed by atoms with Gasteiger partial charge in [0.05, 0.1) is 11.8 Å². The zero-order chi connectivity index (χ0) is 10.0. The fourth-order valence-electron chi connectivity index (χ4n) is 1.22. The Morgan fingerprint density at radius 3 is 2.69 bits per heavy atom. The molecule has 0 aliphatic carbocycles. The summed E-state index contributed by atoms with van der Waals surface area (Å²) in [5.41, 5.74) is 6.53. The number of primary amides is 1. The van der Waals surface area contributed by atoms with E-state index in [1.165, 1.54) is 6.20 Å². The second kappa shape index (κ2) is 3.60. The molecule has 1 heterocycles. The highest BCUT2D eigenvalue weighted by atomic mass is 16.1. The lowest BCUT2D eigenvalue weighted by Crippen LogP contribution is -2.13. The zero-order valence-electron chi connectivity index (χ0n) is 8.24. The van der Waals surface area contributed by atoms with Crippen molar-refractivity contribution >= 4 is 5.91 Å². The molecule has 1 rings (SSSR count). The monoisotopic (exact) mass is 181 g/mol. The minimum Gasteiger partial charge on any atom is -0.365 e. The molecule has 0 aliphatic heterocycles. The SMILES string of the molecule is Cc1c(C(N)=O)cnn1CC(C)C. The maximum absolute atomic E-state index is 10.9. The number of nitrogens with zero attached hydrogens (tertiary/aromatic N) is 2. The van der Waals surface area contributed by atoms with Crippen molar-refractivity contribution in [3.63, 3.8) is 0 Å². The van der Waals surface area contributed by atoms with Gasteiger partial charge in [-0.15, -0.1) is 0 Å². The second-order valence-corrected chi connectivity index (χ2v) is 3.58. The highest BCUT2D eigenvalue weighted by Crippen LogP contribution is 2.08. The third-order valence-electron chi connectivity index (χ3n) is 1.91. The first-order valence-electron chi connectivity index (χ1n) is 4.34. The molecular formula is C9H15N3O. The van der Waals surface area contributed by atoms with Gasteiger partial charge in [0.1, 0.15) is 0 Å². The molecular weight excluding hydrogens is 166 g/mol. The first-order chi connectivity index (χ1) is 6.02. The summed E-state index contributed by atoms with van der Waals surface area (Å²) < 4.78 is 1.81. The van der Waals surface area contributed by atoms with Crippen LogP contribution in [0.15, 0.2) is 6.20 Å². The summed E-state index contributed by atoms with van der Waals surface area (Å²) in [6, 6.07) is 0. The Hall–Kier alpha value is -1.32. The van der Waals surface area contributed by atoms with Crippen molar-refractivity contribution in [1.82, 2.24) is 9.78 Å². The van der Waals surface area contributed by atoms with Crippen LogP contribution in [0.3, 0.4) is 0 Å². The van der Waals surface area contributed by atoms with Crippen LogP contribution in [0.25, 0.3) is 0 Å². The van der Waals surface area contributed by atoms with Crippen molar-refractivity contribution in [3.8, 4) is 0 Å². The van der Waals surface area contributed by atoms with Crippen molar-refractivity contribution in [3.05, 3.63) is 17.5 Å². The molecule has 13 heavy (non-hydrogen) atoms. The molecule has 2 N–H and O–H groups in total. The Balaban J connectivity index is 2.93. The first-order valence-corrected chi connectivity index (χ1v) is 4.34. The van der Waals surface area contributed by atoms with E-state index in [2.05, 4.69) is 18.9 Å². The predicted octanol–water partition coefficient (Wildman–Crippen LogP) is 0.946. The molecule has 0 radical (unpaired) electrons. The number of nitrogens with two attached hydrogens (primary N) is 1. The summed E-state index contributed by atoms with van der Waals surface area (Å²) in [5.74, 6) is 0.104. The summed E-state index contributed by atoms with van der Waals surface area (Å²) in [4.78, 5) is 10.9. The van der Waals surface area contributed by atoms with Crippen LogP contribution in [-0.2, 0) is 6.54 Å². The summed E-state index contributed by atoms with van der Waals surface area (Å²) in [7, 11) is 0. The lowest BCUT2D eigenvalue weighted by atomic mass is 10.2. The summed E-state index contributed by atoms with van der Waals surface area (Å²) in [6.07, 6.45) is 1.53. The van der Waals surface area contributed by atoms with Crippen LogP contribution in [0.4, 0.5) is 0 Å². The number of aromatic nitrogens is 2. The Labute approximate surface area is 77.7 Å². The van der Waals surface area contributed by atoms with E-state index in [1.54, 1.807) is 0 Å². The van der Waals surface area contributed by atoms with E-state index in [0.29, 0.717) is 11.5 Å². The minimum absolute atomic E-state index is 0.410. The Bertz CT molecular complexity index is 315. The fraction of sp³-hybridized carbons (Fsp3) is 0.556. The van der Waals surface area contributed by atoms with Crippen LogP contribution in [0.1, 0.15) is 29.9 Å². The van der Waals surface area contributed by atoms with E-state index in [0.717, 1.165) is 12.2 Å². The number of hydrogen-bond donors (Lipinski definition) is 1. The van der Waals surface area contributed by atoms with Gasteiger partial charge in [-0.2, -0.15) is 5.10 Å². The summed E-state index contributed by atoms with van der Waals surface area (Å²) in [6.45, 7) is 6.88. The Morgan fingerprint density at radius 1 is 1.69 bits per heavy atom. The van der Waals surface area contributed by atoms with Crippen LogP contribution in [0, 0.1) is 12.8 Å². The summed E-state index contributed by atoms with van der Waals surface area (Å²) in [5, 5.41) is 4.09. The lowest BCUT2D eigenvalue weighted by molar-refractivity contribution is 0.0999. The van der Waals surface area contributed by atoms with Crippen molar-refractivity contribution in [2.75, 3.05) is 0 Å². The van der Waals surface area contributed by atoms with E-state index in [1.807, 2.05) is 11.6 Å². The predicted molar refractivity (Wildman–Crippen MR) is 50.3 cm³/mol. The number of carbonyl (C=O) groups excluding carboxylic acids is 1. The van der Waals surface area contributed by atoms with Crippen molar-refractivity contribution in [2.24, 2.45) is 11.7 Å². The number of hydrogen-bond acceptors (Lipinski definition) is 2. The van der Waals surface area contributed by atoms with Crippen LogP contribution < -0.4 is 5.73 Å². The molecule has 0 atom stereocenters. The molecule has 1 aromatic heterocycles. The van der Waals surface area contributed by atoms with Crippen LogP contribution in [0.5, 0.6) is 0 Å². The maximum Gasteiger partial charge on any atom is 0.252 e. The molecule has 0 aromatic carbocycles. The highest BCUT2D eigenvalue weighted by Gasteiger charge is 2.11. The Morgan fingerprint density at radius 2 is 2.31 bits per heavy atom. The quantitative estimate of drug-likeness (QED) is 0.754. The smallest absolute Gasteiger partial charge is 0.252 e. The zero-order valence-corrected chi connectivity index (χ0v) is 8.24. The van der Waals surface area contributed by atoms with E-state index >= 15 is 0 Å². The van der Waals surface area contributed by atoms with E-state index in [4.69, 9.17) is 5.73 Å². The van der Waals surface area contributed by atoms with E-state index in [9.17, 15) is 4.79 Å². The fourth-order valence-corrected chi connectivity index (χ4v) is 1.22. The van der Waals surface area contributed by atoms with E-state index < -0.39 is 5.91 Å². The molecule has 0 bridgehead atoms. The molecule has 72 valence electrons. The topological polar surface area (TPSA) is 60.9 Å². The van der Waals surface area contributed by atoms with Crippen molar-refractivity contribution < 1.29 is 4.79 Å². The van der Waals surface area contributed by atoms with Crippen LogP contribution in [-0.4, -0.2) is 15.7 Å². The van der Waals surface area contributed by atoms with Gasteiger partial charge in [-0.1, -0.05) is 13.8 Å². The maximum atomic E-state index is 10.9. The van der Waals surface area contributed by atoms with E-state index in [-0.39, 0.29) is 0 Å². The number of carbonyl (C=O) groups is 1. The lowest BCUT2D eigenvalue weighted by Gasteiger charge is -2.06. The molecule has 0 unspecified atom stereocenters. The van der Waals surface area contributed by atoms with Gasteiger partial charge in [0.15, 0.2) is 0 Å². The molecule has 1 aromatic rings. The first kappa shape index (κ1) is 9.77. The minimum atomic E-state index is -0.410. The normalized spacial score (nSPS) is 10.8. The van der Waals surface area contributed by atoms with Gasteiger partial charge in [0.2, 0.25) is 0 Å². The number of amides is 1. The van der Waals surface area contributed by atoms with Gasteiger partial charge >= 0.3 is 0 Å². The third kappa shape index (κ3) is 2.08. The Kier molecular flexibility index (Phi) is 2.70. The average molecular weight is 181 g/mol. The van der Waals surface area contributed by atoms with Crippen LogP contribution in [0.2, 0.25) is 0 Å². The van der Waals surface area contributed by atoms with Crippen LogP contribution >= 0.6 is 0 Å². The molecule has 4 heteroatoms. The standard InChI is InChI=1S/C9H15N3O/c1-6(2)5-12-7(3)8(4-11-12)9(10)13/h4,6H,5H2,1-3H3,(H2,10,13). The van der Waals surface area contributed by atoms with Gasteiger partial charge in [0, 0.05) is 12.2 Å². The number of rotatable bonds is 3. The molecule has 0 saturated carbocycles. The average Bonchev–Trinajstić information content (AvgIpc) is 2.32. The van der Waals surface area contributed by atoms with Gasteiger partial charge in [-0.05, 0) is 12.8 Å². The van der Waals surface area contributed by atoms with Crippen molar-refractivity contribution in [2.45, 2.75) is 27.3 Å². The van der Waals surface area contributed by atoms with Gasteiger partial charge < -0.3 is 5.73 Å². The summed E-state index contributed by atoms with van der Waals surface area (Å²) >= 11 is 0. The highest BCUT2D eigenvalue weighted by molar-refractivity contribution is 5.93. The van der Waals surface area contributed by atoms with Gasteiger partial charge in [-0.3, -0.25) is 9.48 Å². The molecule has 0 spiro atoms. The largest absolute Gasteiger partial charge is 0.365 e. The van der Waals surface area contributed by atoms with Gasteiger partial charge in [0.25, 0.3) is 5.91 Å². The molecule has 4 nitrogen and oxygen atoms in total. The molecule has 1 amide bonds. The molecule has 0 aliphatic rings.